The van der Waals surface area contributed by atoms with Crippen LogP contribution >= 0.6 is 0 Å². The van der Waals surface area contributed by atoms with Crippen molar-refractivity contribution in [2.75, 3.05) is 0 Å². The summed E-state index contributed by atoms with van der Waals surface area (Å²) in [6, 6.07) is 1.17. The first-order valence-electron chi connectivity index (χ1n) is 4.17. The molecule has 15 heavy (non-hydrogen) atoms. The van der Waals surface area contributed by atoms with Gasteiger partial charge in [-0.2, -0.15) is 0 Å². The Balaban J connectivity index is 3.28. The Morgan fingerprint density at radius 3 is 2.67 bits per heavy atom. The molecule has 0 aliphatic heterocycles. The van der Waals surface area contributed by atoms with Crippen molar-refractivity contribution in [1.82, 2.24) is 0 Å². The highest BCUT2D eigenvalue weighted by molar-refractivity contribution is 5.91. The van der Waals surface area contributed by atoms with Crippen LogP contribution in [0.15, 0.2) is 20.9 Å². The van der Waals surface area contributed by atoms with Gasteiger partial charge in [0.2, 0.25) is 5.75 Å². The summed E-state index contributed by atoms with van der Waals surface area (Å²) in [5, 5.41) is 17.7. The molecule has 0 radical (unpaired) electrons. The molecule has 1 aromatic heterocycles. The highest BCUT2D eigenvalue weighted by atomic mass is 16.4. The normalized spacial score (nSPS) is 11.5. The third kappa shape index (κ3) is 2.46. The van der Waals surface area contributed by atoms with E-state index in [1.54, 1.807) is 0 Å². The molecule has 1 aromatic rings. The molecule has 5 nitrogen and oxygen atoms in total. The Bertz CT molecular complexity index is 481. The van der Waals surface area contributed by atoms with Crippen LogP contribution in [0.4, 0.5) is 0 Å². The molecule has 0 unspecified atom stereocenters. The predicted octanol–water partition coefficient (Wildman–Crippen LogP) is 1.14. The molecule has 0 atom stereocenters. The number of aryl methyl sites for hydroxylation is 1. The van der Waals surface area contributed by atoms with E-state index in [2.05, 4.69) is 4.42 Å². The average molecular weight is 210 g/mol. The molecule has 1 heterocycles. The van der Waals surface area contributed by atoms with E-state index in [-0.39, 0.29) is 11.3 Å². The number of rotatable bonds is 2. The summed E-state index contributed by atoms with van der Waals surface area (Å²) in [7, 11) is 0. The smallest absolute Gasteiger partial charge is 0.378 e. The van der Waals surface area contributed by atoms with Crippen molar-refractivity contribution < 1.29 is 19.4 Å². The summed E-state index contributed by atoms with van der Waals surface area (Å²) in [5.41, 5.74) is -0.379. The van der Waals surface area contributed by atoms with E-state index >= 15 is 0 Å². The fourth-order valence-corrected chi connectivity index (χ4v) is 0.996. The summed E-state index contributed by atoms with van der Waals surface area (Å²) in [6.07, 6.45) is 1.32. The van der Waals surface area contributed by atoms with Gasteiger partial charge in [0.1, 0.15) is 5.76 Å². The van der Waals surface area contributed by atoms with Crippen LogP contribution in [0.1, 0.15) is 18.2 Å². The summed E-state index contributed by atoms with van der Waals surface area (Å²) in [6.45, 7) is 2.92. The highest BCUT2D eigenvalue weighted by Gasteiger charge is 2.07. The molecule has 0 saturated carbocycles. The van der Waals surface area contributed by atoms with Gasteiger partial charge < -0.3 is 14.6 Å². The molecule has 0 fully saturated rings. The van der Waals surface area contributed by atoms with Gasteiger partial charge in [0, 0.05) is 11.1 Å². The SMILES string of the molecule is CC(=Cc1cc(O)c(=O)oc1C)C(=O)O. The minimum atomic E-state index is -1.07. The van der Waals surface area contributed by atoms with Gasteiger partial charge in [0.15, 0.2) is 0 Å². The van der Waals surface area contributed by atoms with Crippen molar-refractivity contribution in [3.05, 3.63) is 33.4 Å². The molecule has 80 valence electrons. The zero-order valence-electron chi connectivity index (χ0n) is 8.27. The van der Waals surface area contributed by atoms with Crippen LogP contribution in [0.5, 0.6) is 5.75 Å². The maximum absolute atomic E-state index is 10.9. The van der Waals surface area contributed by atoms with Gasteiger partial charge in [0.25, 0.3) is 0 Å². The molecular weight excluding hydrogens is 200 g/mol. The molecule has 0 aliphatic rings. The van der Waals surface area contributed by atoms with E-state index in [1.165, 1.54) is 26.0 Å². The minimum absolute atomic E-state index is 0.0892. The Hall–Kier alpha value is -2.04. The molecule has 0 aromatic carbocycles. The minimum Gasteiger partial charge on any atom is -0.502 e. The first kappa shape index (κ1) is 11.0. The van der Waals surface area contributed by atoms with E-state index < -0.39 is 17.3 Å². The van der Waals surface area contributed by atoms with Crippen molar-refractivity contribution in [2.24, 2.45) is 0 Å². The third-order valence-electron chi connectivity index (χ3n) is 1.86. The number of carboxylic acids is 1. The molecular formula is C10H10O5. The molecule has 5 heteroatoms. The second-order valence-corrected chi connectivity index (χ2v) is 3.06. The first-order valence-corrected chi connectivity index (χ1v) is 4.17. The van der Waals surface area contributed by atoms with Crippen molar-refractivity contribution in [3.63, 3.8) is 0 Å². The second kappa shape index (κ2) is 4.00. The van der Waals surface area contributed by atoms with Crippen molar-refractivity contribution >= 4 is 12.0 Å². The number of aliphatic carboxylic acids is 1. The lowest BCUT2D eigenvalue weighted by Crippen LogP contribution is -2.01. The maximum atomic E-state index is 10.9. The highest BCUT2D eigenvalue weighted by Crippen LogP contribution is 2.15. The molecule has 1 rings (SSSR count). The molecule has 0 saturated heterocycles. The Labute approximate surface area is 85.3 Å². The van der Waals surface area contributed by atoms with Gasteiger partial charge in [0.05, 0.1) is 0 Å². The van der Waals surface area contributed by atoms with Gasteiger partial charge in [-0.3, -0.25) is 0 Å². The van der Waals surface area contributed by atoms with Crippen molar-refractivity contribution in [2.45, 2.75) is 13.8 Å². The van der Waals surface area contributed by atoms with Crippen LogP contribution in [0.2, 0.25) is 0 Å². The van der Waals surface area contributed by atoms with Gasteiger partial charge in [-0.05, 0) is 26.0 Å². The lowest BCUT2D eigenvalue weighted by atomic mass is 10.1. The number of hydrogen-bond acceptors (Lipinski definition) is 4. The van der Waals surface area contributed by atoms with Crippen molar-refractivity contribution in [1.29, 1.82) is 0 Å². The largest absolute Gasteiger partial charge is 0.502 e. The molecule has 0 bridgehead atoms. The number of hydrogen-bond donors (Lipinski definition) is 2. The van der Waals surface area contributed by atoms with E-state index in [1.807, 2.05) is 0 Å². The van der Waals surface area contributed by atoms with Crippen LogP contribution in [0.25, 0.3) is 6.08 Å². The van der Waals surface area contributed by atoms with E-state index in [0.717, 1.165) is 0 Å². The monoisotopic (exact) mass is 210 g/mol. The average Bonchev–Trinajstić information content (AvgIpc) is 2.13. The van der Waals surface area contributed by atoms with Crippen LogP contribution in [-0.2, 0) is 4.79 Å². The molecule has 0 aliphatic carbocycles. The van der Waals surface area contributed by atoms with Gasteiger partial charge in [-0.15, -0.1) is 0 Å². The van der Waals surface area contributed by atoms with Crippen molar-refractivity contribution in [3.8, 4) is 5.75 Å². The summed E-state index contributed by atoms with van der Waals surface area (Å²) in [5.74, 6) is -1.34. The number of aromatic hydroxyl groups is 1. The van der Waals surface area contributed by atoms with Crippen LogP contribution in [0, 0.1) is 6.92 Å². The maximum Gasteiger partial charge on any atom is 0.378 e. The van der Waals surface area contributed by atoms with Crippen LogP contribution in [0.3, 0.4) is 0 Å². The summed E-state index contributed by atoms with van der Waals surface area (Å²) < 4.78 is 4.68. The third-order valence-corrected chi connectivity index (χ3v) is 1.86. The lowest BCUT2D eigenvalue weighted by Gasteiger charge is -2.00. The summed E-state index contributed by atoms with van der Waals surface area (Å²) >= 11 is 0. The van der Waals surface area contributed by atoms with Gasteiger partial charge in [-0.25, -0.2) is 9.59 Å². The predicted molar refractivity (Wildman–Crippen MR) is 52.7 cm³/mol. The second-order valence-electron chi connectivity index (χ2n) is 3.06. The Morgan fingerprint density at radius 1 is 1.53 bits per heavy atom. The molecule has 2 N–H and O–H groups in total. The zero-order valence-corrected chi connectivity index (χ0v) is 8.27. The molecule has 0 spiro atoms. The zero-order chi connectivity index (χ0) is 11.6. The van der Waals surface area contributed by atoms with Crippen LogP contribution < -0.4 is 5.63 Å². The number of carboxylic acid groups (broad SMARTS) is 1. The van der Waals surface area contributed by atoms with E-state index in [4.69, 9.17) is 10.2 Å². The van der Waals surface area contributed by atoms with Gasteiger partial charge >= 0.3 is 11.6 Å². The van der Waals surface area contributed by atoms with E-state index in [0.29, 0.717) is 5.56 Å². The quantitative estimate of drug-likeness (QED) is 0.714. The van der Waals surface area contributed by atoms with E-state index in [9.17, 15) is 9.59 Å². The molecule has 0 amide bonds. The Morgan fingerprint density at radius 2 is 2.13 bits per heavy atom. The Kier molecular flexibility index (Phi) is 2.94. The summed E-state index contributed by atoms with van der Waals surface area (Å²) in [4.78, 5) is 21.4. The fraction of sp³-hybridized carbons (Fsp3) is 0.200. The fourth-order valence-electron chi connectivity index (χ4n) is 0.996. The first-order chi connectivity index (χ1) is 6.91. The van der Waals surface area contributed by atoms with Gasteiger partial charge in [-0.1, -0.05) is 0 Å². The lowest BCUT2D eigenvalue weighted by molar-refractivity contribution is -0.132. The standard InChI is InChI=1S/C10H10O5/c1-5(9(12)13)3-7-4-8(11)10(14)15-6(7)2/h3-4,11H,1-2H3,(H,12,13). The topological polar surface area (TPSA) is 87.7 Å². The van der Waals surface area contributed by atoms with Crippen LogP contribution in [-0.4, -0.2) is 16.2 Å². The number of carbonyl (C=O) groups is 1.